The number of nitrogens with zero attached hydrogens (tertiary/aromatic N) is 3. The van der Waals surface area contributed by atoms with Crippen LogP contribution in [0, 0.1) is 0 Å². The number of furan rings is 1. The van der Waals surface area contributed by atoms with Crippen LogP contribution in [0.25, 0.3) is 73.4 Å². The minimum absolute atomic E-state index is 0.817. The Morgan fingerprint density at radius 1 is 0.278 bits per heavy atom. The van der Waals surface area contributed by atoms with E-state index in [1.54, 1.807) is 0 Å². The Labute approximate surface area is 424 Å². The molecule has 0 amide bonds. The van der Waals surface area contributed by atoms with Gasteiger partial charge in [0.1, 0.15) is 5.58 Å². The minimum atomic E-state index is 0.817. The Morgan fingerprint density at radius 2 is 0.708 bits per heavy atom. The first kappa shape index (κ1) is 42.0. The van der Waals surface area contributed by atoms with Crippen molar-refractivity contribution in [1.29, 1.82) is 0 Å². The van der Waals surface area contributed by atoms with Crippen molar-refractivity contribution in [3.8, 4) is 11.1 Å². The molecule has 340 valence electrons. The maximum atomic E-state index is 7.30. The topological polar surface area (TPSA) is 22.9 Å². The number of fused-ring (bicyclic) bond motifs is 9. The van der Waals surface area contributed by atoms with Gasteiger partial charge in [0.25, 0.3) is 0 Å². The summed E-state index contributed by atoms with van der Waals surface area (Å²) >= 11 is 3.67. The molecule has 0 aliphatic rings. The molecule has 0 aliphatic carbocycles. The van der Waals surface area contributed by atoms with E-state index >= 15 is 0 Å². The molecule has 0 saturated carbocycles. The standard InChI is InChI=1S/C66H43N3OS2/c1-6-18-44(19-7-1)53-37-38-59(69(48-26-14-5-15-27-48)52-31-34-55-54-28-16-17-29-61(54)71-63(55)43-52)66-65(53)57-36-32-50(41-60(57)70-66)68(47-24-12-4-13-25-47)51-30-35-56-58-40-49(33-39-62(58)72-64(56)42-51)67(45-20-8-2-9-21-45)46-22-10-3-11-23-46/h1-43H. The lowest BCUT2D eigenvalue weighted by molar-refractivity contribution is 0.669. The monoisotopic (exact) mass is 957 g/mol. The van der Waals surface area contributed by atoms with Crippen molar-refractivity contribution in [1.82, 2.24) is 0 Å². The van der Waals surface area contributed by atoms with Gasteiger partial charge in [0.05, 0.1) is 5.69 Å². The summed E-state index contributed by atoms with van der Waals surface area (Å²) in [6, 6.07) is 93.8. The molecule has 0 bridgehead atoms. The molecule has 0 saturated heterocycles. The smallest absolute Gasteiger partial charge is 0.160 e. The van der Waals surface area contributed by atoms with Crippen LogP contribution >= 0.6 is 22.7 Å². The zero-order valence-electron chi connectivity index (χ0n) is 38.9. The van der Waals surface area contributed by atoms with E-state index < -0.39 is 0 Å². The Balaban J connectivity index is 0.924. The molecule has 72 heavy (non-hydrogen) atoms. The Bertz CT molecular complexity index is 4240. The van der Waals surface area contributed by atoms with Gasteiger partial charge in [0.15, 0.2) is 5.58 Å². The van der Waals surface area contributed by atoms with Gasteiger partial charge in [0, 0.05) is 103 Å². The lowest BCUT2D eigenvalue weighted by Gasteiger charge is -2.26. The van der Waals surface area contributed by atoms with Gasteiger partial charge in [0.2, 0.25) is 0 Å². The molecule has 0 fully saturated rings. The van der Waals surface area contributed by atoms with Crippen molar-refractivity contribution in [3.63, 3.8) is 0 Å². The van der Waals surface area contributed by atoms with Gasteiger partial charge < -0.3 is 19.1 Å². The van der Waals surface area contributed by atoms with Crippen LogP contribution in [-0.2, 0) is 0 Å². The highest BCUT2D eigenvalue weighted by Gasteiger charge is 2.25. The van der Waals surface area contributed by atoms with Crippen molar-refractivity contribution in [2.75, 3.05) is 14.7 Å². The molecule has 0 radical (unpaired) electrons. The lowest BCUT2D eigenvalue weighted by atomic mass is 9.98. The number of hydrogen-bond acceptors (Lipinski definition) is 6. The van der Waals surface area contributed by atoms with Crippen LogP contribution in [0.2, 0.25) is 0 Å². The highest BCUT2D eigenvalue weighted by Crippen LogP contribution is 2.49. The van der Waals surface area contributed by atoms with Crippen molar-refractivity contribution < 1.29 is 4.42 Å². The molecule has 3 heterocycles. The lowest BCUT2D eigenvalue weighted by Crippen LogP contribution is -2.10. The number of para-hydroxylation sites is 4. The molecule has 3 aromatic heterocycles. The average molecular weight is 958 g/mol. The molecule has 4 nitrogen and oxygen atoms in total. The Morgan fingerprint density at radius 3 is 1.32 bits per heavy atom. The van der Waals surface area contributed by atoms with Crippen LogP contribution in [0.4, 0.5) is 51.2 Å². The van der Waals surface area contributed by atoms with Gasteiger partial charge in [-0.2, -0.15) is 0 Å². The van der Waals surface area contributed by atoms with E-state index in [1.807, 2.05) is 22.7 Å². The fourth-order valence-corrected chi connectivity index (χ4v) is 12.8. The van der Waals surface area contributed by atoms with Crippen LogP contribution in [-0.4, -0.2) is 0 Å². The number of hydrogen-bond donors (Lipinski definition) is 0. The first-order valence-electron chi connectivity index (χ1n) is 24.2. The highest BCUT2D eigenvalue weighted by molar-refractivity contribution is 7.26. The molecule has 0 atom stereocenters. The molecular weight excluding hydrogens is 915 g/mol. The zero-order chi connectivity index (χ0) is 47.5. The van der Waals surface area contributed by atoms with Gasteiger partial charge in [-0.1, -0.05) is 140 Å². The molecule has 0 spiro atoms. The fraction of sp³-hybridized carbons (Fsp3) is 0. The second-order valence-electron chi connectivity index (χ2n) is 18.1. The van der Waals surface area contributed by atoms with Gasteiger partial charge in [-0.05, 0) is 126 Å². The summed E-state index contributed by atoms with van der Waals surface area (Å²) in [5.74, 6) is 0. The fourth-order valence-electron chi connectivity index (χ4n) is 10.5. The van der Waals surface area contributed by atoms with Crippen LogP contribution in [0.3, 0.4) is 0 Å². The first-order chi connectivity index (χ1) is 35.7. The molecule has 6 heteroatoms. The molecular formula is C66H43N3OS2. The predicted octanol–water partition coefficient (Wildman–Crippen LogP) is 20.4. The van der Waals surface area contributed by atoms with Crippen molar-refractivity contribution >= 4 is 136 Å². The van der Waals surface area contributed by atoms with E-state index in [-0.39, 0.29) is 0 Å². The summed E-state index contributed by atoms with van der Waals surface area (Å²) in [5, 5.41) is 7.17. The summed E-state index contributed by atoms with van der Waals surface area (Å²) in [7, 11) is 0. The van der Waals surface area contributed by atoms with Crippen molar-refractivity contribution in [3.05, 3.63) is 261 Å². The zero-order valence-corrected chi connectivity index (χ0v) is 40.5. The van der Waals surface area contributed by atoms with E-state index in [4.69, 9.17) is 4.42 Å². The molecule has 11 aromatic carbocycles. The van der Waals surface area contributed by atoms with Crippen LogP contribution in [0.5, 0.6) is 0 Å². The third-order valence-corrected chi connectivity index (χ3v) is 16.1. The van der Waals surface area contributed by atoms with E-state index in [9.17, 15) is 0 Å². The second kappa shape index (κ2) is 17.5. The largest absolute Gasteiger partial charge is 0.454 e. The van der Waals surface area contributed by atoms with Gasteiger partial charge in [-0.3, -0.25) is 0 Å². The molecule has 0 aliphatic heterocycles. The van der Waals surface area contributed by atoms with E-state index in [0.29, 0.717) is 0 Å². The van der Waals surface area contributed by atoms with Crippen LogP contribution < -0.4 is 14.7 Å². The normalized spacial score (nSPS) is 11.6. The molecule has 0 unspecified atom stereocenters. The number of rotatable bonds is 10. The number of anilines is 9. The highest BCUT2D eigenvalue weighted by atomic mass is 32.1. The third kappa shape index (κ3) is 7.19. The number of benzene rings is 11. The van der Waals surface area contributed by atoms with Gasteiger partial charge in [-0.25, -0.2) is 0 Å². The first-order valence-corrected chi connectivity index (χ1v) is 25.9. The summed E-state index contributed by atoms with van der Waals surface area (Å²) in [6.07, 6.45) is 0. The summed E-state index contributed by atoms with van der Waals surface area (Å²) < 4.78 is 12.3. The van der Waals surface area contributed by atoms with Gasteiger partial charge >= 0.3 is 0 Å². The molecule has 0 N–H and O–H groups in total. The van der Waals surface area contributed by atoms with Crippen molar-refractivity contribution in [2.24, 2.45) is 0 Å². The molecule has 14 aromatic rings. The Hall–Kier alpha value is -8.94. The summed E-state index contributed by atoms with van der Waals surface area (Å²) in [6.45, 7) is 0. The average Bonchev–Trinajstić information content (AvgIpc) is 4.14. The van der Waals surface area contributed by atoms with E-state index in [2.05, 4.69) is 276 Å². The summed E-state index contributed by atoms with van der Waals surface area (Å²) in [4.78, 5) is 7.04. The van der Waals surface area contributed by atoms with Gasteiger partial charge in [-0.15, -0.1) is 22.7 Å². The van der Waals surface area contributed by atoms with Crippen LogP contribution in [0.1, 0.15) is 0 Å². The molecule has 14 rings (SSSR count). The number of thiophene rings is 2. The minimum Gasteiger partial charge on any atom is -0.454 e. The maximum Gasteiger partial charge on any atom is 0.160 e. The van der Waals surface area contributed by atoms with E-state index in [0.717, 1.165) is 84.3 Å². The summed E-state index contributed by atoms with van der Waals surface area (Å²) in [5.41, 5.74) is 13.5. The van der Waals surface area contributed by atoms with Crippen LogP contribution in [0.15, 0.2) is 265 Å². The third-order valence-electron chi connectivity index (χ3n) is 13.8. The predicted molar refractivity (Wildman–Crippen MR) is 309 cm³/mol. The SMILES string of the molecule is c1ccc(-c2ccc(N(c3ccccc3)c3ccc4c(c3)sc3ccccc34)c3oc4cc(N(c5ccccc5)c5ccc6c(c5)sc5ccc(N(c7ccccc7)c7ccccc7)cc56)ccc4c23)cc1. The quantitative estimate of drug-likeness (QED) is 0.136. The second-order valence-corrected chi connectivity index (χ2v) is 20.2. The maximum absolute atomic E-state index is 7.30. The van der Waals surface area contributed by atoms with Crippen molar-refractivity contribution in [2.45, 2.75) is 0 Å². The Kier molecular flexibility index (Phi) is 10.2. The van der Waals surface area contributed by atoms with E-state index in [1.165, 1.54) is 40.3 Å².